The molecule has 0 saturated carbocycles. The van der Waals surface area contributed by atoms with Crippen molar-refractivity contribution in [3.63, 3.8) is 0 Å². The first-order chi connectivity index (χ1) is 7.87. The monoisotopic (exact) mass is 239 g/mol. The lowest BCUT2D eigenvalue weighted by atomic mass is 10.00. The molecule has 1 aromatic rings. The summed E-state index contributed by atoms with van der Waals surface area (Å²) in [6.45, 7) is 4.39. The molecule has 1 heterocycles. The summed E-state index contributed by atoms with van der Waals surface area (Å²) in [6.07, 6.45) is 3.44. The Morgan fingerprint density at radius 2 is 2.29 bits per heavy atom. The summed E-state index contributed by atoms with van der Waals surface area (Å²) < 4.78 is 1.65. The first-order valence-corrected chi connectivity index (χ1v) is 5.77. The fourth-order valence-corrected chi connectivity index (χ4v) is 1.34. The van der Waals surface area contributed by atoms with E-state index in [1.165, 1.54) is 0 Å². The van der Waals surface area contributed by atoms with Crippen LogP contribution >= 0.6 is 0 Å². The third-order valence-corrected chi connectivity index (χ3v) is 2.31. The fourth-order valence-electron chi connectivity index (χ4n) is 1.34. The molecule has 0 unspecified atom stereocenters. The van der Waals surface area contributed by atoms with E-state index in [1.54, 1.807) is 11.0 Å². The lowest BCUT2D eigenvalue weighted by Crippen LogP contribution is -2.34. The maximum atomic E-state index is 11.5. The second-order valence-electron chi connectivity index (χ2n) is 4.92. The van der Waals surface area contributed by atoms with E-state index < -0.39 is 0 Å². The third kappa shape index (κ3) is 6.01. The van der Waals surface area contributed by atoms with E-state index in [0.29, 0.717) is 25.8 Å². The highest BCUT2D eigenvalue weighted by atomic mass is 16.1. The van der Waals surface area contributed by atoms with Gasteiger partial charge in [-0.05, 0) is 20.3 Å². The summed E-state index contributed by atoms with van der Waals surface area (Å²) in [4.78, 5) is 15.6. The van der Waals surface area contributed by atoms with Crippen LogP contribution in [0.1, 0.15) is 32.5 Å². The van der Waals surface area contributed by atoms with Crippen molar-refractivity contribution in [1.29, 1.82) is 0 Å². The van der Waals surface area contributed by atoms with E-state index in [-0.39, 0.29) is 11.4 Å². The van der Waals surface area contributed by atoms with Crippen molar-refractivity contribution in [2.75, 3.05) is 6.54 Å². The van der Waals surface area contributed by atoms with Crippen molar-refractivity contribution >= 4 is 5.91 Å². The van der Waals surface area contributed by atoms with Crippen molar-refractivity contribution in [2.45, 2.75) is 38.6 Å². The quantitative estimate of drug-likeness (QED) is 0.731. The fraction of sp³-hybridized carbons (Fsp3) is 0.727. The van der Waals surface area contributed by atoms with E-state index in [9.17, 15) is 4.79 Å². The molecular weight excluding hydrogens is 218 g/mol. The standard InChI is InChI=1S/C11H21N5O/c1-11(2,12)6-4-10(17)13-7-5-9-14-8-16(3)15-9/h8H,4-7,12H2,1-3H3,(H,13,17). The van der Waals surface area contributed by atoms with Crippen LogP contribution in [0.2, 0.25) is 0 Å². The lowest BCUT2D eigenvalue weighted by Gasteiger charge is -2.17. The van der Waals surface area contributed by atoms with Crippen molar-refractivity contribution in [3.8, 4) is 0 Å². The molecule has 96 valence electrons. The van der Waals surface area contributed by atoms with Gasteiger partial charge in [0.2, 0.25) is 5.91 Å². The molecule has 0 aliphatic carbocycles. The number of carbonyl (C=O) groups is 1. The van der Waals surface area contributed by atoms with Gasteiger partial charge in [0.05, 0.1) is 0 Å². The van der Waals surface area contributed by atoms with Crippen LogP contribution in [0.3, 0.4) is 0 Å². The highest BCUT2D eigenvalue weighted by Crippen LogP contribution is 2.06. The first-order valence-electron chi connectivity index (χ1n) is 5.77. The Labute approximate surface area is 102 Å². The van der Waals surface area contributed by atoms with Gasteiger partial charge in [-0.2, -0.15) is 5.10 Å². The molecule has 6 heteroatoms. The Kier molecular flexibility index (Phi) is 4.62. The molecule has 3 N–H and O–H groups in total. The van der Waals surface area contributed by atoms with Crippen LogP contribution in [0.5, 0.6) is 0 Å². The number of hydrogen-bond donors (Lipinski definition) is 2. The van der Waals surface area contributed by atoms with Crippen LogP contribution in [0.15, 0.2) is 6.33 Å². The minimum Gasteiger partial charge on any atom is -0.356 e. The summed E-state index contributed by atoms with van der Waals surface area (Å²) >= 11 is 0. The summed E-state index contributed by atoms with van der Waals surface area (Å²) in [5.41, 5.74) is 5.51. The molecule has 0 saturated heterocycles. The number of hydrogen-bond acceptors (Lipinski definition) is 4. The maximum absolute atomic E-state index is 11.5. The van der Waals surface area contributed by atoms with Crippen molar-refractivity contribution in [3.05, 3.63) is 12.2 Å². The molecule has 1 aromatic heterocycles. The van der Waals surface area contributed by atoms with Gasteiger partial charge in [0.25, 0.3) is 0 Å². The van der Waals surface area contributed by atoms with Gasteiger partial charge < -0.3 is 11.1 Å². The van der Waals surface area contributed by atoms with Crippen LogP contribution in [-0.2, 0) is 18.3 Å². The molecular formula is C11H21N5O. The number of nitrogens with one attached hydrogen (secondary N) is 1. The molecule has 0 aliphatic heterocycles. The van der Waals surface area contributed by atoms with Crippen LogP contribution in [0, 0.1) is 0 Å². The zero-order valence-corrected chi connectivity index (χ0v) is 10.7. The van der Waals surface area contributed by atoms with Gasteiger partial charge in [0.1, 0.15) is 6.33 Å². The number of nitrogens with zero attached hydrogens (tertiary/aromatic N) is 3. The molecule has 0 aliphatic rings. The molecule has 6 nitrogen and oxygen atoms in total. The van der Waals surface area contributed by atoms with Crippen molar-refractivity contribution in [2.24, 2.45) is 12.8 Å². The largest absolute Gasteiger partial charge is 0.356 e. The molecule has 0 fully saturated rings. The third-order valence-electron chi connectivity index (χ3n) is 2.31. The van der Waals surface area contributed by atoms with Crippen molar-refractivity contribution < 1.29 is 4.79 Å². The van der Waals surface area contributed by atoms with E-state index in [1.807, 2.05) is 20.9 Å². The minimum absolute atomic E-state index is 0.0273. The van der Waals surface area contributed by atoms with E-state index in [0.717, 1.165) is 5.82 Å². The predicted molar refractivity (Wildman–Crippen MR) is 65.2 cm³/mol. The smallest absolute Gasteiger partial charge is 0.220 e. The molecule has 0 radical (unpaired) electrons. The number of nitrogens with two attached hydrogens (primary N) is 1. The zero-order valence-electron chi connectivity index (χ0n) is 10.7. The van der Waals surface area contributed by atoms with Gasteiger partial charge in [-0.3, -0.25) is 9.48 Å². The number of aromatic nitrogens is 3. The molecule has 0 bridgehead atoms. The normalized spacial score (nSPS) is 11.5. The van der Waals surface area contributed by atoms with Crippen LogP contribution in [0.25, 0.3) is 0 Å². The Morgan fingerprint density at radius 3 is 2.82 bits per heavy atom. The van der Waals surface area contributed by atoms with Gasteiger partial charge in [0, 0.05) is 32.0 Å². The van der Waals surface area contributed by atoms with Gasteiger partial charge in [-0.1, -0.05) is 0 Å². The molecule has 0 aromatic carbocycles. The minimum atomic E-state index is -0.292. The highest BCUT2D eigenvalue weighted by molar-refractivity contribution is 5.75. The van der Waals surface area contributed by atoms with Crippen LogP contribution < -0.4 is 11.1 Å². The summed E-state index contributed by atoms with van der Waals surface area (Å²) in [5, 5.41) is 6.96. The van der Waals surface area contributed by atoms with E-state index >= 15 is 0 Å². The number of aryl methyl sites for hydroxylation is 1. The summed E-state index contributed by atoms with van der Waals surface area (Å²) in [6, 6.07) is 0. The number of carbonyl (C=O) groups excluding carboxylic acids is 1. The van der Waals surface area contributed by atoms with Gasteiger partial charge in [0.15, 0.2) is 5.82 Å². The molecule has 0 spiro atoms. The van der Waals surface area contributed by atoms with Gasteiger partial charge in [-0.15, -0.1) is 0 Å². The Balaban J connectivity index is 2.16. The number of amides is 1. The van der Waals surface area contributed by atoms with Gasteiger partial charge in [-0.25, -0.2) is 4.98 Å². The topological polar surface area (TPSA) is 85.8 Å². The van der Waals surface area contributed by atoms with Gasteiger partial charge >= 0.3 is 0 Å². The SMILES string of the molecule is Cn1cnc(CCNC(=O)CCC(C)(C)N)n1. The van der Waals surface area contributed by atoms with Crippen LogP contribution in [0.4, 0.5) is 0 Å². The average molecular weight is 239 g/mol. The zero-order chi connectivity index (χ0) is 12.9. The lowest BCUT2D eigenvalue weighted by molar-refractivity contribution is -0.121. The maximum Gasteiger partial charge on any atom is 0.220 e. The Hall–Kier alpha value is -1.43. The molecule has 1 rings (SSSR count). The predicted octanol–water partition coefficient (Wildman–Crippen LogP) is -0.00870. The second kappa shape index (κ2) is 5.77. The molecule has 1 amide bonds. The molecule has 17 heavy (non-hydrogen) atoms. The number of rotatable bonds is 6. The average Bonchev–Trinajstić information content (AvgIpc) is 2.60. The summed E-state index contributed by atoms with van der Waals surface area (Å²) in [7, 11) is 1.82. The van der Waals surface area contributed by atoms with Crippen LogP contribution in [-0.4, -0.2) is 32.8 Å². The first kappa shape index (κ1) is 13.6. The Bertz CT molecular complexity index is 366. The van der Waals surface area contributed by atoms with E-state index in [2.05, 4.69) is 15.4 Å². The Morgan fingerprint density at radius 1 is 1.59 bits per heavy atom. The highest BCUT2D eigenvalue weighted by Gasteiger charge is 2.12. The van der Waals surface area contributed by atoms with E-state index in [4.69, 9.17) is 5.73 Å². The summed E-state index contributed by atoms with van der Waals surface area (Å²) in [5.74, 6) is 0.770. The second-order valence-corrected chi connectivity index (χ2v) is 4.92. The molecule has 0 atom stereocenters. The van der Waals surface area contributed by atoms with Crippen molar-refractivity contribution in [1.82, 2.24) is 20.1 Å².